The maximum atomic E-state index is 5.59. The second-order valence-corrected chi connectivity index (χ2v) is 6.04. The van der Waals surface area contributed by atoms with Crippen LogP contribution in [0.2, 0.25) is 0 Å². The van der Waals surface area contributed by atoms with Gasteiger partial charge in [0.1, 0.15) is 12.4 Å². The average molecular weight is 291 g/mol. The van der Waals surface area contributed by atoms with Crippen molar-refractivity contribution >= 4 is 0 Å². The molecule has 3 nitrogen and oxygen atoms in total. The Kier molecular flexibility index (Phi) is 7.04. The van der Waals surface area contributed by atoms with E-state index in [1.807, 2.05) is 12.1 Å². The molecule has 1 aliphatic rings. The third-order valence-corrected chi connectivity index (χ3v) is 4.37. The van der Waals surface area contributed by atoms with Gasteiger partial charge in [0.2, 0.25) is 0 Å². The molecule has 21 heavy (non-hydrogen) atoms. The van der Waals surface area contributed by atoms with E-state index in [2.05, 4.69) is 24.4 Å². The molecule has 0 heterocycles. The Morgan fingerprint density at radius 3 is 2.48 bits per heavy atom. The van der Waals surface area contributed by atoms with Gasteiger partial charge in [-0.3, -0.25) is 0 Å². The van der Waals surface area contributed by atoms with Crippen molar-refractivity contribution in [1.82, 2.24) is 5.32 Å². The lowest BCUT2D eigenvalue weighted by atomic mass is 9.89. The van der Waals surface area contributed by atoms with E-state index in [0.717, 1.165) is 18.2 Å². The highest BCUT2D eigenvalue weighted by Crippen LogP contribution is 2.24. The van der Waals surface area contributed by atoms with Crippen molar-refractivity contribution in [2.24, 2.45) is 5.92 Å². The summed E-state index contributed by atoms with van der Waals surface area (Å²) in [6, 6.07) is 8.80. The number of hydrogen-bond acceptors (Lipinski definition) is 3. The molecule has 0 amide bonds. The van der Waals surface area contributed by atoms with Crippen LogP contribution in [0.15, 0.2) is 24.3 Å². The van der Waals surface area contributed by atoms with Gasteiger partial charge in [0.15, 0.2) is 0 Å². The average Bonchev–Trinajstić information content (AvgIpc) is 2.54. The first-order valence-electron chi connectivity index (χ1n) is 8.24. The van der Waals surface area contributed by atoms with Gasteiger partial charge < -0.3 is 14.8 Å². The van der Waals surface area contributed by atoms with E-state index < -0.39 is 0 Å². The Hall–Kier alpha value is -1.06. The second-order valence-electron chi connectivity index (χ2n) is 6.04. The summed E-state index contributed by atoms with van der Waals surface area (Å²) in [6.07, 6.45) is 7.04. The van der Waals surface area contributed by atoms with E-state index >= 15 is 0 Å². The normalized spacial score (nSPS) is 17.6. The lowest BCUT2D eigenvalue weighted by Gasteiger charge is -2.24. The zero-order valence-corrected chi connectivity index (χ0v) is 13.4. The molecule has 1 aliphatic carbocycles. The predicted molar refractivity (Wildman–Crippen MR) is 86.8 cm³/mol. The fraction of sp³-hybridized carbons (Fsp3) is 0.667. The molecule has 1 N–H and O–H groups in total. The quantitative estimate of drug-likeness (QED) is 0.736. The molecule has 2 rings (SSSR count). The molecule has 3 heteroatoms. The standard InChI is InChI=1S/C18H29NO2/c1-15(19-14-16-6-4-3-5-7-16)17-8-10-18(11-9-17)21-13-12-20-2/h8-11,15-16,19H,3-7,12-14H2,1-2H3. The SMILES string of the molecule is COCCOc1ccc(C(C)NCC2CCCCC2)cc1. The van der Waals surface area contributed by atoms with Crippen molar-refractivity contribution < 1.29 is 9.47 Å². The summed E-state index contributed by atoms with van der Waals surface area (Å²) >= 11 is 0. The van der Waals surface area contributed by atoms with E-state index in [4.69, 9.17) is 9.47 Å². The molecule has 1 atom stereocenters. The molecule has 0 radical (unpaired) electrons. The van der Waals surface area contributed by atoms with Crippen molar-refractivity contribution in [2.45, 2.75) is 45.1 Å². The summed E-state index contributed by atoms with van der Waals surface area (Å²) in [7, 11) is 1.69. The highest BCUT2D eigenvalue weighted by atomic mass is 16.5. The number of rotatable bonds is 8. The molecule has 0 bridgehead atoms. The fourth-order valence-electron chi connectivity index (χ4n) is 2.95. The second kappa shape index (κ2) is 9.06. The van der Waals surface area contributed by atoms with E-state index in [1.54, 1.807) is 7.11 Å². The molecule has 0 saturated heterocycles. The molecule has 1 unspecified atom stereocenters. The molecule has 1 fully saturated rings. The van der Waals surface area contributed by atoms with Gasteiger partial charge in [0, 0.05) is 13.2 Å². The summed E-state index contributed by atoms with van der Waals surface area (Å²) in [5.74, 6) is 1.79. The first-order chi connectivity index (χ1) is 10.3. The molecule has 0 aromatic heterocycles. The summed E-state index contributed by atoms with van der Waals surface area (Å²) in [5, 5.41) is 3.68. The Morgan fingerprint density at radius 2 is 1.81 bits per heavy atom. The lowest BCUT2D eigenvalue weighted by Crippen LogP contribution is -2.27. The fourth-order valence-corrected chi connectivity index (χ4v) is 2.95. The van der Waals surface area contributed by atoms with Crippen LogP contribution in [-0.2, 0) is 4.74 Å². The van der Waals surface area contributed by atoms with Crippen LogP contribution >= 0.6 is 0 Å². The molecular formula is C18H29NO2. The number of methoxy groups -OCH3 is 1. The van der Waals surface area contributed by atoms with Crippen molar-refractivity contribution in [3.05, 3.63) is 29.8 Å². The summed E-state index contributed by atoms with van der Waals surface area (Å²) in [6.45, 7) is 4.61. The number of benzene rings is 1. The first kappa shape index (κ1) is 16.3. The molecule has 0 spiro atoms. The number of ether oxygens (including phenoxy) is 2. The summed E-state index contributed by atoms with van der Waals surface area (Å²) < 4.78 is 10.6. The van der Waals surface area contributed by atoms with Crippen LogP contribution in [0.5, 0.6) is 5.75 Å². The van der Waals surface area contributed by atoms with Crippen LogP contribution in [0, 0.1) is 5.92 Å². The summed E-state index contributed by atoms with van der Waals surface area (Å²) in [5.41, 5.74) is 1.32. The Bertz CT molecular complexity index is 385. The maximum absolute atomic E-state index is 5.59. The summed E-state index contributed by atoms with van der Waals surface area (Å²) in [4.78, 5) is 0. The van der Waals surface area contributed by atoms with E-state index in [-0.39, 0.29) is 0 Å². The van der Waals surface area contributed by atoms with Crippen molar-refractivity contribution in [3.63, 3.8) is 0 Å². The zero-order chi connectivity index (χ0) is 14.9. The van der Waals surface area contributed by atoms with Crippen molar-refractivity contribution in [2.75, 3.05) is 26.9 Å². The maximum Gasteiger partial charge on any atom is 0.119 e. The smallest absolute Gasteiger partial charge is 0.119 e. The van der Waals surface area contributed by atoms with Gasteiger partial charge in [-0.15, -0.1) is 0 Å². The number of nitrogens with one attached hydrogen (secondary N) is 1. The predicted octanol–water partition coefficient (Wildman–Crippen LogP) is 3.94. The molecule has 118 valence electrons. The third-order valence-electron chi connectivity index (χ3n) is 4.37. The highest BCUT2D eigenvalue weighted by molar-refractivity contribution is 5.28. The van der Waals surface area contributed by atoms with Crippen LogP contribution in [0.3, 0.4) is 0 Å². The largest absolute Gasteiger partial charge is 0.491 e. The van der Waals surface area contributed by atoms with E-state index in [0.29, 0.717) is 19.3 Å². The van der Waals surface area contributed by atoms with Gasteiger partial charge in [0.25, 0.3) is 0 Å². The zero-order valence-electron chi connectivity index (χ0n) is 13.4. The molecule has 0 aliphatic heterocycles. The Morgan fingerprint density at radius 1 is 1.10 bits per heavy atom. The third kappa shape index (κ3) is 5.68. The highest BCUT2D eigenvalue weighted by Gasteiger charge is 2.14. The van der Waals surface area contributed by atoms with Crippen LogP contribution in [0.1, 0.15) is 50.6 Å². The van der Waals surface area contributed by atoms with Crippen LogP contribution in [0.4, 0.5) is 0 Å². The molecule has 1 aromatic carbocycles. The van der Waals surface area contributed by atoms with E-state index in [9.17, 15) is 0 Å². The topological polar surface area (TPSA) is 30.5 Å². The van der Waals surface area contributed by atoms with Gasteiger partial charge in [-0.25, -0.2) is 0 Å². The molecule has 1 saturated carbocycles. The van der Waals surface area contributed by atoms with Gasteiger partial charge in [-0.1, -0.05) is 31.4 Å². The van der Waals surface area contributed by atoms with E-state index in [1.165, 1.54) is 37.7 Å². The lowest BCUT2D eigenvalue weighted by molar-refractivity contribution is 0.146. The van der Waals surface area contributed by atoms with Crippen molar-refractivity contribution in [1.29, 1.82) is 0 Å². The van der Waals surface area contributed by atoms with Crippen LogP contribution in [0.25, 0.3) is 0 Å². The van der Waals surface area contributed by atoms with Gasteiger partial charge in [-0.2, -0.15) is 0 Å². The Balaban J connectivity index is 1.74. The van der Waals surface area contributed by atoms with Crippen LogP contribution in [-0.4, -0.2) is 26.9 Å². The minimum atomic E-state index is 0.403. The minimum Gasteiger partial charge on any atom is -0.491 e. The van der Waals surface area contributed by atoms with Gasteiger partial charge >= 0.3 is 0 Å². The number of hydrogen-bond donors (Lipinski definition) is 1. The first-order valence-corrected chi connectivity index (χ1v) is 8.24. The monoisotopic (exact) mass is 291 g/mol. The van der Waals surface area contributed by atoms with Gasteiger partial charge in [-0.05, 0) is 49.9 Å². The Labute approximate surface area is 129 Å². The minimum absolute atomic E-state index is 0.403. The van der Waals surface area contributed by atoms with Crippen LogP contribution < -0.4 is 10.1 Å². The van der Waals surface area contributed by atoms with Crippen molar-refractivity contribution in [3.8, 4) is 5.75 Å². The molecular weight excluding hydrogens is 262 g/mol. The molecule has 1 aromatic rings. The van der Waals surface area contributed by atoms with Gasteiger partial charge in [0.05, 0.1) is 6.61 Å².